The topological polar surface area (TPSA) is 58.2 Å². The third-order valence-electron chi connectivity index (χ3n) is 2.49. The van der Waals surface area contributed by atoms with Gasteiger partial charge in [0.1, 0.15) is 5.82 Å². The third kappa shape index (κ3) is 4.40. The summed E-state index contributed by atoms with van der Waals surface area (Å²) in [5.41, 5.74) is 0.747. The van der Waals surface area contributed by atoms with Crippen LogP contribution in [-0.2, 0) is 9.59 Å². The Morgan fingerprint density at radius 1 is 0.952 bits per heavy atom. The molecule has 0 atom stereocenters. The lowest BCUT2D eigenvalue weighted by Crippen LogP contribution is -2.29. The van der Waals surface area contributed by atoms with Crippen molar-refractivity contribution in [3.05, 3.63) is 56.9 Å². The fourth-order valence-electron chi connectivity index (χ4n) is 1.48. The van der Waals surface area contributed by atoms with Crippen molar-refractivity contribution >= 4 is 57.4 Å². The second kappa shape index (κ2) is 6.86. The van der Waals surface area contributed by atoms with Gasteiger partial charge in [-0.05, 0) is 65.1 Å². The Morgan fingerprint density at radius 3 is 2.05 bits per heavy atom. The van der Waals surface area contributed by atoms with Crippen molar-refractivity contribution in [2.45, 2.75) is 0 Å². The number of benzene rings is 2. The van der Waals surface area contributed by atoms with E-state index in [0.717, 1.165) is 9.64 Å². The molecule has 21 heavy (non-hydrogen) atoms. The molecule has 2 rings (SSSR count). The first kappa shape index (κ1) is 15.7. The number of hydrogen-bond acceptors (Lipinski definition) is 2. The summed E-state index contributed by atoms with van der Waals surface area (Å²) in [5.74, 6) is -2.29. The minimum Gasteiger partial charge on any atom is -0.318 e. The highest BCUT2D eigenvalue weighted by Gasteiger charge is 2.14. The van der Waals surface area contributed by atoms with Crippen LogP contribution in [-0.4, -0.2) is 11.8 Å². The molecule has 0 aliphatic rings. The van der Waals surface area contributed by atoms with Crippen molar-refractivity contribution in [3.8, 4) is 0 Å². The number of rotatable bonds is 2. The molecule has 2 N–H and O–H groups in total. The minimum absolute atomic E-state index is 0.133. The van der Waals surface area contributed by atoms with Gasteiger partial charge in [0.2, 0.25) is 0 Å². The molecule has 4 nitrogen and oxygen atoms in total. The molecule has 0 unspecified atom stereocenters. The van der Waals surface area contributed by atoms with Gasteiger partial charge in [-0.15, -0.1) is 0 Å². The summed E-state index contributed by atoms with van der Waals surface area (Å²) in [5, 5.41) is 4.66. The van der Waals surface area contributed by atoms with Crippen LogP contribution in [0.5, 0.6) is 0 Å². The highest BCUT2D eigenvalue weighted by atomic mass is 127. The van der Waals surface area contributed by atoms with Crippen LogP contribution in [0.4, 0.5) is 15.8 Å². The molecule has 0 radical (unpaired) electrons. The molecule has 0 heterocycles. The highest BCUT2D eigenvalue weighted by Crippen LogP contribution is 2.19. The lowest BCUT2D eigenvalue weighted by molar-refractivity contribution is -0.132. The fourth-order valence-corrected chi connectivity index (χ4v) is 2.02. The normalized spacial score (nSPS) is 10.0. The molecular weight excluding hydrogens is 410 g/mol. The van der Waals surface area contributed by atoms with Gasteiger partial charge in [0.15, 0.2) is 0 Å². The highest BCUT2D eigenvalue weighted by molar-refractivity contribution is 14.1. The lowest BCUT2D eigenvalue weighted by atomic mass is 10.3. The van der Waals surface area contributed by atoms with Gasteiger partial charge in [-0.25, -0.2) is 4.39 Å². The molecular formula is C14H9ClFIN2O2. The molecule has 2 amide bonds. The van der Waals surface area contributed by atoms with E-state index in [-0.39, 0.29) is 10.7 Å². The van der Waals surface area contributed by atoms with Crippen LogP contribution in [0.3, 0.4) is 0 Å². The van der Waals surface area contributed by atoms with Crippen LogP contribution in [0, 0.1) is 9.39 Å². The van der Waals surface area contributed by atoms with Crippen molar-refractivity contribution in [2.24, 2.45) is 0 Å². The number of nitrogens with one attached hydrogen (secondary N) is 2. The van der Waals surface area contributed by atoms with E-state index in [1.165, 1.54) is 12.1 Å². The molecule has 0 aromatic heterocycles. The Kier molecular flexibility index (Phi) is 5.13. The molecule has 0 fully saturated rings. The van der Waals surface area contributed by atoms with Crippen LogP contribution in [0.25, 0.3) is 0 Å². The van der Waals surface area contributed by atoms with E-state index < -0.39 is 17.6 Å². The summed E-state index contributed by atoms with van der Waals surface area (Å²) in [7, 11) is 0. The zero-order valence-corrected chi connectivity index (χ0v) is 13.4. The third-order valence-corrected chi connectivity index (χ3v) is 3.49. The average Bonchev–Trinajstić information content (AvgIpc) is 2.45. The largest absolute Gasteiger partial charge is 0.318 e. The van der Waals surface area contributed by atoms with E-state index in [4.69, 9.17) is 11.6 Å². The predicted molar refractivity (Wildman–Crippen MR) is 87.8 cm³/mol. The van der Waals surface area contributed by atoms with Gasteiger partial charge in [0.05, 0.1) is 5.02 Å². The van der Waals surface area contributed by atoms with Crippen LogP contribution in [0.2, 0.25) is 5.02 Å². The summed E-state index contributed by atoms with van der Waals surface area (Å²) in [6.45, 7) is 0. The molecule has 0 saturated carbocycles. The summed E-state index contributed by atoms with van der Waals surface area (Å²) in [6.07, 6.45) is 0. The number of carbonyl (C=O) groups excluding carboxylic acids is 2. The van der Waals surface area contributed by atoms with Crippen molar-refractivity contribution in [1.29, 1.82) is 0 Å². The molecule has 2 aromatic carbocycles. The Balaban J connectivity index is 2.00. The van der Waals surface area contributed by atoms with Gasteiger partial charge >= 0.3 is 11.8 Å². The van der Waals surface area contributed by atoms with Crippen molar-refractivity contribution in [2.75, 3.05) is 10.6 Å². The molecule has 0 bridgehead atoms. The van der Waals surface area contributed by atoms with Crippen LogP contribution in [0.1, 0.15) is 0 Å². The smallest absolute Gasteiger partial charge is 0.314 e. The number of halogens is 3. The fraction of sp³-hybridized carbons (Fsp3) is 0. The van der Waals surface area contributed by atoms with Gasteiger partial charge in [-0.2, -0.15) is 0 Å². The first-order chi connectivity index (χ1) is 9.95. The maximum Gasteiger partial charge on any atom is 0.314 e. The lowest BCUT2D eigenvalue weighted by Gasteiger charge is -2.07. The molecule has 2 aromatic rings. The van der Waals surface area contributed by atoms with Gasteiger partial charge in [-0.1, -0.05) is 11.6 Å². The summed E-state index contributed by atoms with van der Waals surface area (Å²) >= 11 is 7.72. The second-order valence-corrected chi connectivity index (χ2v) is 5.70. The Labute approximate surface area is 138 Å². The van der Waals surface area contributed by atoms with Crippen LogP contribution >= 0.6 is 34.2 Å². The quantitative estimate of drug-likeness (QED) is 0.578. The van der Waals surface area contributed by atoms with Gasteiger partial charge in [0.25, 0.3) is 0 Å². The molecule has 108 valence electrons. The zero-order valence-electron chi connectivity index (χ0n) is 10.5. The van der Waals surface area contributed by atoms with E-state index in [1.54, 1.807) is 24.3 Å². The van der Waals surface area contributed by atoms with E-state index in [9.17, 15) is 14.0 Å². The summed E-state index contributed by atoms with van der Waals surface area (Å²) < 4.78 is 14.0. The maximum atomic E-state index is 13.0. The van der Waals surface area contributed by atoms with E-state index >= 15 is 0 Å². The average molecular weight is 419 g/mol. The maximum absolute atomic E-state index is 13.0. The first-order valence-corrected chi connectivity index (χ1v) is 7.24. The van der Waals surface area contributed by atoms with Gasteiger partial charge in [-0.3, -0.25) is 9.59 Å². The number of amides is 2. The van der Waals surface area contributed by atoms with Crippen molar-refractivity contribution in [1.82, 2.24) is 0 Å². The van der Waals surface area contributed by atoms with E-state index in [2.05, 4.69) is 33.2 Å². The number of anilines is 2. The zero-order chi connectivity index (χ0) is 15.4. The Morgan fingerprint density at radius 2 is 1.48 bits per heavy atom. The molecule has 0 aliphatic carbocycles. The summed E-state index contributed by atoms with van der Waals surface area (Å²) in [4.78, 5) is 23.4. The second-order valence-electron chi connectivity index (χ2n) is 4.04. The standard InChI is InChI=1S/C14H9ClFIN2O2/c15-11-7-10(5-6-12(11)16)19-14(21)13(20)18-9-3-1-8(17)2-4-9/h1-7H,(H,18,20)(H,19,21). The van der Waals surface area contributed by atoms with E-state index in [0.29, 0.717) is 5.69 Å². The molecule has 0 saturated heterocycles. The SMILES string of the molecule is O=C(Nc1ccc(I)cc1)C(=O)Nc1ccc(F)c(Cl)c1. The predicted octanol–water partition coefficient (Wildman–Crippen LogP) is 3.66. The molecule has 0 spiro atoms. The van der Waals surface area contributed by atoms with Crippen molar-refractivity contribution in [3.63, 3.8) is 0 Å². The van der Waals surface area contributed by atoms with Crippen LogP contribution in [0.15, 0.2) is 42.5 Å². The van der Waals surface area contributed by atoms with Crippen LogP contribution < -0.4 is 10.6 Å². The summed E-state index contributed by atoms with van der Waals surface area (Å²) in [6, 6.07) is 10.6. The Bertz CT molecular complexity index is 692. The number of hydrogen-bond donors (Lipinski definition) is 2. The van der Waals surface area contributed by atoms with Gasteiger partial charge in [0, 0.05) is 14.9 Å². The van der Waals surface area contributed by atoms with E-state index in [1.807, 2.05) is 0 Å². The molecule has 0 aliphatic heterocycles. The minimum atomic E-state index is -0.865. The van der Waals surface area contributed by atoms with Crippen molar-refractivity contribution < 1.29 is 14.0 Å². The molecule has 7 heteroatoms. The van der Waals surface area contributed by atoms with Gasteiger partial charge < -0.3 is 10.6 Å². The number of carbonyl (C=O) groups is 2. The monoisotopic (exact) mass is 418 g/mol. The Hall–Kier alpha value is -1.67. The first-order valence-electron chi connectivity index (χ1n) is 5.78.